The van der Waals surface area contributed by atoms with Crippen LogP contribution in [0.4, 0.5) is 5.69 Å². The molecular weight excluding hydrogens is 382 g/mol. The summed E-state index contributed by atoms with van der Waals surface area (Å²) in [7, 11) is -4.56. The smallest absolute Gasteiger partial charge is 0.282 e. The van der Waals surface area contributed by atoms with Crippen LogP contribution in [0, 0.1) is 10.1 Å². The highest BCUT2D eigenvalue weighted by atomic mass is 79.9. The molecule has 0 saturated carbocycles. The topological polar surface area (TPSA) is 97.5 Å². The quantitative estimate of drug-likeness (QED) is 0.485. The molecule has 2 rings (SSSR count). The lowest BCUT2D eigenvalue weighted by Gasteiger charge is -2.08. The Bertz CT molecular complexity index is 807. The standard InChI is InChI=1S/C12H8BrNO5S2/c13-9-3-1-2-4-10(9)20-11-6-5-8(14(15)16)7-12(11)21(17,18)19/h1-7H,(H,17,18,19). The normalized spacial score (nSPS) is 11.3. The molecule has 0 heterocycles. The fourth-order valence-corrected chi connectivity index (χ4v) is 3.95. The van der Waals surface area contributed by atoms with Gasteiger partial charge in [-0.1, -0.05) is 23.9 Å². The number of halogens is 1. The molecule has 0 aliphatic carbocycles. The molecule has 0 fully saturated rings. The van der Waals surface area contributed by atoms with Crippen molar-refractivity contribution in [3.05, 3.63) is 57.1 Å². The van der Waals surface area contributed by atoms with Crippen molar-refractivity contribution in [3.8, 4) is 0 Å². The molecule has 0 spiro atoms. The maximum absolute atomic E-state index is 11.4. The van der Waals surface area contributed by atoms with E-state index in [0.717, 1.165) is 27.2 Å². The predicted molar refractivity (Wildman–Crippen MR) is 81.2 cm³/mol. The molecule has 0 radical (unpaired) electrons. The molecule has 21 heavy (non-hydrogen) atoms. The van der Waals surface area contributed by atoms with Crippen molar-refractivity contribution in [2.24, 2.45) is 0 Å². The number of benzene rings is 2. The highest BCUT2D eigenvalue weighted by Gasteiger charge is 2.21. The van der Waals surface area contributed by atoms with Gasteiger partial charge in [0.25, 0.3) is 15.8 Å². The highest BCUT2D eigenvalue weighted by molar-refractivity contribution is 9.10. The van der Waals surface area contributed by atoms with Crippen molar-refractivity contribution < 1.29 is 17.9 Å². The average Bonchev–Trinajstić information content (AvgIpc) is 2.40. The van der Waals surface area contributed by atoms with E-state index in [2.05, 4.69) is 15.9 Å². The number of nitro groups is 1. The van der Waals surface area contributed by atoms with Crippen LogP contribution in [0.2, 0.25) is 0 Å². The number of non-ortho nitro benzene ring substituents is 1. The first kappa shape index (κ1) is 16.0. The molecule has 110 valence electrons. The lowest BCUT2D eigenvalue weighted by molar-refractivity contribution is -0.385. The van der Waals surface area contributed by atoms with Gasteiger partial charge in [-0.05, 0) is 34.1 Å². The van der Waals surface area contributed by atoms with E-state index < -0.39 is 25.6 Å². The number of hydrogen-bond acceptors (Lipinski definition) is 5. The third-order valence-corrected chi connectivity index (χ3v) is 5.60. The maximum Gasteiger partial charge on any atom is 0.295 e. The maximum atomic E-state index is 11.4. The first-order valence-electron chi connectivity index (χ1n) is 5.47. The fraction of sp³-hybridized carbons (Fsp3) is 0. The monoisotopic (exact) mass is 389 g/mol. The lowest BCUT2D eigenvalue weighted by atomic mass is 10.3. The average molecular weight is 390 g/mol. The van der Waals surface area contributed by atoms with E-state index in [9.17, 15) is 23.1 Å². The Morgan fingerprint density at radius 2 is 1.81 bits per heavy atom. The predicted octanol–water partition coefficient (Wildman–Crippen LogP) is 3.76. The molecule has 0 saturated heterocycles. The van der Waals surface area contributed by atoms with Crippen LogP contribution in [0.15, 0.2) is 61.6 Å². The van der Waals surface area contributed by atoms with Crippen LogP contribution in [-0.4, -0.2) is 17.9 Å². The Labute approximate surface area is 133 Å². The van der Waals surface area contributed by atoms with Gasteiger partial charge in [0.1, 0.15) is 4.90 Å². The molecule has 0 atom stereocenters. The van der Waals surface area contributed by atoms with Crippen LogP contribution >= 0.6 is 27.7 Å². The van der Waals surface area contributed by atoms with Crippen molar-refractivity contribution >= 4 is 43.5 Å². The molecule has 1 N–H and O–H groups in total. The van der Waals surface area contributed by atoms with Gasteiger partial charge in [-0.2, -0.15) is 8.42 Å². The summed E-state index contributed by atoms with van der Waals surface area (Å²) in [5, 5.41) is 10.7. The number of nitro benzene ring substituents is 1. The van der Waals surface area contributed by atoms with Crippen LogP contribution in [0.5, 0.6) is 0 Å². The summed E-state index contributed by atoms with van der Waals surface area (Å²) in [5.74, 6) is 0. The van der Waals surface area contributed by atoms with E-state index in [4.69, 9.17) is 0 Å². The van der Waals surface area contributed by atoms with Crippen LogP contribution in [-0.2, 0) is 10.1 Å². The van der Waals surface area contributed by atoms with Crippen LogP contribution in [0.25, 0.3) is 0 Å². The Kier molecular flexibility index (Phi) is 4.67. The minimum atomic E-state index is -4.56. The molecular formula is C12H8BrNO5S2. The van der Waals surface area contributed by atoms with Crippen molar-refractivity contribution in [3.63, 3.8) is 0 Å². The Morgan fingerprint density at radius 3 is 2.38 bits per heavy atom. The minimum Gasteiger partial charge on any atom is -0.282 e. The van der Waals surface area contributed by atoms with Crippen LogP contribution < -0.4 is 0 Å². The Morgan fingerprint density at radius 1 is 1.14 bits per heavy atom. The molecule has 0 amide bonds. The van der Waals surface area contributed by atoms with E-state index in [0.29, 0.717) is 0 Å². The van der Waals surface area contributed by atoms with Gasteiger partial charge >= 0.3 is 0 Å². The SMILES string of the molecule is O=[N+]([O-])c1ccc(Sc2ccccc2Br)c(S(=O)(=O)O)c1. The van der Waals surface area contributed by atoms with Crippen molar-refractivity contribution in [2.75, 3.05) is 0 Å². The highest BCUT2D eigenvalue weighted by Crippen LogP contribution is 2.37. The molecule has 9 heteroatoms. The zero-order valence-electron chi connectivity index (χ0n) is 10.3. The molecule has 0 unspecified atom stereocenters. The van der Waals surface area contributed by atoms with E-state index in [1.165, 1.54) is 12.1 Å². The summed E-state index contributed by atoms with van der Waals surface area (Å²) < 4.78 is 32.8. The number of rotatable bonds is 4. The van der Waals surface area contributed by atoms with Crippen molar-refractivity contribution in [1.82, 2.24) is 0 Å². The molecule has 2 aromatic rings. The molecule has 0 bridgehead atoms. The fourth-order valence-electron chi connectivity index (χ4n) is 1.54. The van der Waals surface area contributed by atoms with Crippen LogP contribution in [0.1, 0.15) is 0 Å². The Hall–Kier alpha value is -1.42. The van der Waals surface area contributed by atoms with Crippen LogP contribution in [0.3, 0.4) is 0 Å². The molecule has 0 aliphatic rings. The Balaban J connectivity index is 2.54. The van der Waals surface area contributed by atoms with E-state index >= 15 is 0 Å². The van der Waals surface area contributed by atoms with Gasteiger partial charge in [-0.15, -0.1) is 0 Å². The number of hydrogen-bond donors (Lipinski definition) is 1. The summed E-state index contributed by atoms with van der Waals surface area (Å²) in [6.07, 6.45) is 0. The van der Waals surface area contributed by atoms with Gasteiger partial charge in [0.15, 0.2) is 0 Å². The first-order valence-corrected chi connectivity index (χ1v) is 8.52. The van der Waals surface area contributed by atoms with Crippen molar-refractivity contribution in [1.29, 1.82) is 0 Å². The largest absolute Gasteiger partial charge is 0.295 e. The zero-order valence-corrected chi connectivity index (χ0v) is 13.5. The second kappa shape index (κ2) is 6.14. The lowest BCUT2D eigenvalue weighted by Crippen LogP contribution is -2.01. The van der Waals surface area contributed by atoms with E-state index in [-0.39, 0.29) is 4.90 Å². The molecule has 2 aromatic carbocycles. The summed E-state index contributed by atoms with van der Waals surface area (Å²) in [6, 6.07) is 10.4. The summed E-state index contributed by atoms with van der Waals surface area (Å²) in [4.78, 5) is 10.4. The van der Waals surface area contributed by atoms with E-state index in [1.807, 2.05) is 0 Å². The third-order valence-electron chi connectivity index (χ3n) is 2.47. The van der Waals surface area contributed by atoms with Crippen molar-refractivity contribution in [2.45, 2.75) is 14.7 Å². The van der Waals surface area contributed by atoms with Gasteiger partial charge in [0.2, 0.25) is 0 Å². The van der Waals surface area contributed by atoms with Gasteiger partial charge < -0.3 is 0 Å². The second-order valence-corrected chi connectivity index (χ2v) is 7.22. The van der Waals surface area contributed by atoms with Gasteiger partial charge in [-0.25, -0.2) is 0 Å². The summed E-state index contributed by atoms with van der Waals surface area (Å²) in [5.41, 5.74) is -0.404. The summed E-state index contributed by atoms with van der Waals surface area (Å²) >= 11 is 4.40. The van der Waals surface area contributed by atoms with Gasteiger partial charge in [0.05, 0.1) is 4.92 Å². The van der Waals surface area contributed by atoms with Gasteiger partial charge in [0, 0.05) is 26.4 Å². The summed E-state index contributed by atoms with van der Waals surface area (Å²) in [6.45, 7) is 0. The molecule has 6 nitrogen and oxygen atoms in total. The molecule has 0 aliphatic heterocycles. The number of nitrogens with zero attached hydrogens (tertiary/aromatic N) is 1. The third kappa shape index (κ3) is 3.82. The minimum absolute atomic E-state index is 0.204. The first-order chi connectivity index (χ1) is 9.79. The van der Waals surface area contributed by atoms with E-state index in [1.54, 1.807) is 24.3 Å². The van der Waals surface area contributed by atoms with Gasteiger partial charge in [-0.3, -0.25) is 14.7 Å². The zero-order chi connectivity index (χ0) is 15.6. The second-order valence-electron chi connectivity index (χ2n) is 3.90. The molecule has 0 aromatic heterocycles.